The van der Waals surface area contributed by atoms with Crippen molar-refractivity contribution in [3.63, 3.8) is 0 Å². The zero-order valence-corrected chi connectivity index (χ0v) is 11.3. The molecule has 0 aromatic heterocycles. The van der Waals surface area contributed by atoms with E-state index in [2.05, 4.69) is 5.32 Å². The number of hydrogen-bond donors (Lipinski definition) is 2. The minimum Gasteiger partial charge on any atom is -0.480 e. The van der Waals surface area contributed by atoms with Crippen LogP contribution < -0.4 is 5.32 Å². The zero-order chi connectivity index (χ0) is 13.5. The van der Waals surface area contributed by atoms with Crippen LogP contribution in [0.4, 0.5) is 4.79 Å². The van der Waals surface area contributed by atoms with Gasteiger partial charge in [0.25, 0.3) is 0 Å². The summed E-state index contributed by atoms with van der Waals surface area (Å²) in [6, 6.07) is -1.00. The van der Waals surface area contributed by atoms with Crippen LogP contribution in [0.15, 0.2) is 0 Å². The normalized spacial score (nSPS) is 18.1. The molecule has 0 bridgehead atoms. The maximum atomic E-state index is 11.9. The molecule has 0 heterocycles. The number of carbonyl (C=O) groups excluding carboxylic acids is 1. The van der Waals surface area contributed by atoms with Gasteiger partial charge in [-0.3, -0.25) is 0 Å². The van der Waals surface area contributed by atoms with Gasteiger partial charge in [0, 0.05) is 13.1 Å². The summed E-state index contributed by atoms with van der Waals surface area (Å²) in [5.74, 6) is -0.835. The van der Waals surface area contributed by atoms with Gasteiger partial charge in [0.2, 0.25) is 0 Å². The SMILES string of the molecule is CCN(CC)C(=O)NC(C(=O)O)C1CCCCC1. The van der Waals surface area contributed by atoms with Gasteiger partial charge < -0.3 is 15.3 Å². The van der Waals surface area contributed by atoms with E-state index in [1.807, 2.05) is 13.8 Å². The Kier molecular flexibility index (Phi) is 5.95. The lowest BCUT2D eigenvalue weighted by molar-refractivity contribution is -0.141. The number of hydrogen-bond acceptors (Lipinski definition) is 2. The van der Waals surface area contributed by atoms with Crippen LogP contribution in [-0.2, 0) is 4.79 Å². The number of carboxylic acids is 1. The first-order valence-electron chi connectivity index (χ1n) is 6.88. The van der Waals surface area contributed by atoms with Crippen molar-refractivity contribution in [3.05, 3.63) is 0 Å². The molecule has 0 aliphatic heterocycles. The lowest BCUT2D eigenvalue weighted by Gasteiger charge is -2.30. The molecular weight excluding hydrogens is 232 g/mol. The zero-order valence-electron chi connectivity index (χ0n) is 11.3. The van der Waals surface area contributed by atoms with Crippen LogP contribution in [0.3, 0.4) is 0 Å². The van der Waals surface area contributed by atoms with E-state index in [1.165, 1.54) is 6.42 Å². The summed E-state index contributed by atoms with van der Waals surface area (Å²) >= 11 is 0. The van der Waals surface area contributed by atoms with Crippen molar-refractivity contribution in [2.45, 2.75) is 52.0 Å². The fraction of sp³-hybridized carbons (Fsp3) is 0.846. The smallest absolute Gasteiger partial charge is 0.326 e. The predicted octanol–water partition coefficient (Wildman–Crippen LogP) is 2.07. The molecule has 1 rings (SSSR count). The summed E-state index contributed by atoms with van der Waals surface area (Å²) in [5, 5.41) is 11.9. The molecule has 104 valence electrons. The third kappa shape index (κ3) is 3.89. The van der Waals surface area contributed by atoms with Gasteiger partial charge in [-0.1, -0.05) is 19.3 Å². The number of nitrogens with one attached hydrogen (secondary N) is 1. The van der Waals surface area contributed by atoms with Crippen molar-refractivity contribution >= 4 is 12.0 Å². The Morgan fingerprint density at radius 2 is 1.78 bits per heavy atom. The molecule has 1 atom stereocenters. The molecular formula is C13H24N2O3. The molecule has 2 amide bonds. The number of nitrogens with zero attached hydrogens (tertiary/aromatic N) is 1. The molecule has 1 aliphatic rings. The average molecular weight is 256 g/mol. The van der Waals surface area contributed by atoms with Crippen molar-refractivity contribution in [1.82, 2.24) is 10.2 Å². The summed E-state index contributed by atoms with van der Waals surface area (Å²) in [4.78, 5) is 24.8. The third-order valence-electron chi connectivity index (χ3n) is 3.72. The van der Waals surface area contributed by atoms with E-state index >= 15 is 0 Å². The molecule has 0 saturated heterocycles. The number of rotatable bonds is 5. The van der Waals surface area contributed by atoms with Crippen LogP contribution in [0.25, 0.3) is 0 Å². The average Bonchev–Trinajstić information content (AvgIpc) is 2.38. The first-order valence-corrected chi connectivity index (χ1v) is 6.88. The van der Waals surface area contributed by atoms with Gasteiger partial charge in [0.05, 0.1) is 0 Å². The molecule has 0 spiro atoms. The first-order chi connectivity index (χ1) is 8.60. The van der Waals surface area contributed by atoms with Gasteiger partial charge in [-0.15, -0.1) is 0 Å². The van der Waals surface area contributed by atoms with E-state index in [1.54, 1.807) is 4.90 Å². The number of aliphatic carboxylic acids is 1. The maximum Gasteiger partial charge on any atom is 0.326 e. The van der Waals surface area contributed by atoms with Gasteiger partial charge in [-0.25, -0.2) is 9.59 Å². The molecule has 1 saturated carbocycles. The molecule has 5 nitrogen and oxygen atoms in total. The Labute approximate surface area is 109 Å². The standard InChI is InChI=1S/C13H24N2O3/c1-3-15(4-2)13(18)14-11(12(16)17)10-8-6-5-7-9-10/h10-11H,3-9H2,1-2H3,(H,14,18)(H,16,17). The van der Waals surface area contributed by atoms with E-state index < -0.39 is 12.0 Å². The minimum atomic E-state index is -0.914. The third-order valence-corrected chi connectivity index (χ3v) is 3.72. The van der Waals surface area contributed by atoms with Crippen LogP contribution >= 0.6 is 0 Å². The highest BCUT2D eigenvalue weighted by atomic mass is 16.4. The molecule has 1 unspecified atom stereocenters. The Bertz CT molecular complexity index is 284. The van der Waals surface area contributed by atoms with E-state index in [4.69, 9.17) is 0 Å². The number of amides is 2. The van der Waals surface area contributed by atoms with Crippen LogP contribution in [0.2, 0.25) is 0 Å². The summed E-state index contributed by atoms with van der Waals surface area (Å²) in [5.41, 5.74) is 0. The van der Waals surface area contributed by atoms with Crippen molar-refractivity contribution in [1.29, 1.82) is 0 Å². The summed E-state index contributed by atoms with van der Waals surface area (Å²) < 4.78 is 0. The first kappa shape index (κ1) is 14.8. The lowest BCUT2D eigenvalue weighted by atomic mass is 9.84. The van der Waals surface area contributed by atoms with Crippen LogP contribution in [0, 0.1) is 5.92 Å². The fourth-order valence-electron chi connectivity index (χ4n) is 2.58. The van der Waals surface area contributed by atoms with E-state index in [9.17, 15) is 14.7 Å². The quantitative estimate of drug-likeness (QED) is 0.791. The van der Waals surface area contributed by atoms with Gasteiger partial charge >= 0.3 is 12.0 Å². The summed E-state index contributed by atoms with van der Waals surface area (Å²) in [7, 11) is 0. The molecule has 0 aromatic rings. The van der Waals surface area contributed by atoms with Crippen molar-refractivity contribution in [2.75, 3.05) is 13.1 Å². The highest BCUT2D eigenvalue weighted by Crippen LogP contribution is 2.26. The topological polar surface area (TPSA) is 69.6 Å². The fourth-order valence-corrected chi connectivity index (χ4v) is 2.58. The number of carbonyl (C=O) groups is 2. The number of urea groups is 1. The highest BCUT2D eigenvalue weighted by molar-refractivity contribution is 5.82. The molecule has 18 heavy (non-hydrogen) atoms. The molecule has 0 aromatic carbocycles. The Morgan fingerprint density at radius 3 is 2.22 bits per heavy atom. The molecule has 1 fully saturated rings. The van der Waals surface area contributed by atoms with E-state index in [-0.39, 0.29) is 11.9 Å². The Morgan fingerprint density at radius 1 is 1.22 bits per heavy atom. The predicted molar refractivity (Wildman–Crippen MR) is 69.5 cm³/mol. The number of carboxylic acid groups (broad SMARTS) is 1. The van der Waals surface area contributed by atoms with Gasteiger partial charge in [0.15, 0.2) is 0 Å². The molecule has 5 heteroatoms. The van der Waals surface area contributed by atoms with E-state index in [0.717, 1.165) is 25.7 Å². The van der Waals surface area contributed by atoms with Crippen molar-refractivity contribution in [2.24, 2.45) is 5.92 Å². The lowest BCUT2D eigenvalue weighted by Crippen LogP contribution is -2.51. The van der Waals surface area contributed by atoms with Crippen molar-refractivity contribution in [3.8, 4) is 0 Å². The second kappa shape index (κ2) is 7.24. The minimum absolute atomic E-state index is 0.0794. The van der Waals surface area contributed by atoms with Crippen LogP contribution in [0.5, 0.6) is 0 Å². The Balaban J connectivity index is 2.62. The summed E-state index contributed by atoms with van der Waals surface area (Å²) in [6.07, 6.45) is 5.10. The highest BCUT2D eigenvalue weighted by Gasteiger charge is 2.31. The second-order valence-corrected chi connectivity index (χ2v) is 4.84. The van der Waals surface area contributed by atoms with Gasteiger partial charge in [-0.05, 0) is 32.6 Å². The molecule has 2 N–H and O–H groups in total. The van der Waals surface area contributed by atoms with Crippen LogP contribution in [0.1, 0.15) is 46.0 Å². The second-order valence-electron chi connectivity index (χ2n) is 4.84. The monoisotopic (exact) mass is 256 g/mol. The molecule has 1 aliphatic carbocycles. The maximum absolute atomic E-state index is 11.9. The summed E-state index contributed by atoms with van der Waals surface area (Å²) in [6.45, 7) is 4.97. The van der Waals surface area contributed by atoms with E-state index in [0.29, 0.717) is 13.1 Å². The molecule has 0 radical (unpaired) electrons. The van der Waals surface area contributed by atoms with Gasteiger partial charge in [-0.2, -0.15) is 0 Å². The van der Waals surface area contributed by atoms with Gasteiger partial charge in [0.1, 0.15) is 6.04 Å². The van der Waals surface area contributed by atoms with Crippen molar-refractivity contribution < 1.29 is 14.7 Å². The largest absolute Gasteiger partial charge is 0.480 e. The Hall–Kier alpha value is -1.26. The van der Waals surface area contributed by atoms with Crippen LogP contribution in [-0.4, -0.2) is 41.1 Å².